The number of nitrogens with zero attached hydrogens (tertiary/aromatic N) is 2. The van der Waals surface area contributed by atoms with Gasteiger partial charge in [-0.05, 0) is 56.5 Å². The van der Waals surface area contributed by atoms with Crippen LogP contribution in [-0.2, 0) is 23.1 Å². The molecule has 1 N–H and O–H groups in total. The second kappa shape index (κ2) is 8.14. The molecule has 0 radical (unpaired) electrons. The number of hydrogen-bond donors (Lipinski definition) is 1. The number of aliphatic hydroxyl groups is 1. The molecule has 5 atom stereocenters. The molecule has 6 heteroatoms. The van der Waals surface area contributed by atoms with E-state index in [2.05, 4.69) is 36.2 Å². The number of carbonyl (C=O) groups is 1. The van der Waals surface area contributed by atoms with Crippen LogP contribution in [0, 0.1) is 5.92 Å². The summed E-state index contributed by atoms with van der Waals surface area (Å²) in [5.74, 6) is 1.52. The minimum atomic E-state index is -0.649. The molecule has 2 aliphatic heterocycles. The molecule has 1 saturated heterocycles. The number of ether oxygens (including phenoxy) is 1. The van der Waals surface area contributed by atoms with Crippen LogP contribution in [0.4, 0.5) is 0 Å². The Morgan fingerprint density at radius 2 is 2.06 bits per heavy atom. The van der Waals surface area contributed by atoms with Gasteiger partial charge in [-0.15, -0.1) is 0 Å². The van der Waals surface area contributed by atoms with Crippen molar-refractivity contribution in [2.45, 2.75) is 55.8 Å². The standard InChI is InChI=1S/C28H32N2O4/c1-29-16-15-28-20-12-13-22(31)27(28)33-26-23(14-11-19(25(26)28)17-21(20)29)34-30(2)24(32)10-6-9-18-7-4-3-5-8-18/h3-5,7-8,11-14,20-22,27,31H,6,9-10,15-17H2,1-2H3/t20-,21+,22-,27-,28-/m0/s1. The number of benzene rings is 2. The second-order valence-electron chi connectivity index (χ2n) is 10.2. The summed E-state index contributed by atoms with van der Waals surface area (Å²) in [6, 6.07) is 14.7. The first-order valence-corrected chi connectivity index (χ1v) is 12.4. The quantitative estimate of drug-likeness (QED) is 0.530. The van der Waals surface area contributed by atoms with Gasteiger partial charge >= 0.3 is 0 Å². The van der Waals surface area contributed by atoms with Gasteiger partial charge in [-0.25, -0.2) is 0 Å². The molecule has 2 heterocycles. The maximum Gasteiger partial charge on any atom is 0.254 e. The molecule has 6 rings (SSSR count). The Morgan fingerprint density at radius 1 is 1.24 bits per heavy atom. The Balaban J connectivity index is 1.24. The first-order valence-electron chi connectivity index (χ1n) is 12.4. The number of likely N-dealkylation sites (N-methyl/N-ethyl adjacent to an activating group) is 1. The van der Waals surface area contributed by atoms with Gasteiger partial charge in [0.1, 0.15) is 12.2 Å². The van der Waals surface area contributed by atoms with Crippen molar-refractivity contribution in [2.75, 3.05) is 20.6 Å². The van der Waals surface area contributed by atoms with Crippen molar-refractivity contribution in [3.05, 3.63) is 71.3 Å². The largest absolute Gasteiger partial charge is 0.482 e. The van der Waals surface area contributed by atoms with Crippen molar-refractivity contribution >= 4 is 5.91 Å². The highest BCUT2D eigenvalue weighted by Crippen LogP contribution is 2.62. The van der Waals surface area contributed by atoms with Crippen molar-refractivity contribution in [3.63, 3.8) is 0 Å². The zero-order chi connectivity index (χ0) is 23.4. The number of hydrogen-bond acceptors (Lipinski definition) is 5. The van der Waals surface area contributed by atoms with E-state index in [0.717, 1.165) is 32.2 Å². The van der Waals surface area contributed by atoms with E-state index in [4.69, 9.17) is 9.57 Å². The van der Waals surface area contributed by atoms with Gasteiger partial charge in [0.25, 0.3) is 5.91 Å². The van der Waals surface area contributed by atoms with E-state index in [1.807, 2.05) is 30.3 Å². The highest BCUT2D eigenvalue weighted by molar-refractivity contribution is 5.75. The second-order valence-corrected chi connectivity index (χ2v) is 10.2. The third-order valence-corrected chi connectivity index (χ3v) is 8.42. The zero-order valence-electron chi connectivity index (χ0n) is 19.8. The lowest BCUT2D eigenvalue weighted by Crippen LogP contribution is -2.64. The van der Waals surface area contributed by atoms with Crippen LogP contribution in [0.2, 0.25) is 0 Å². The summed E-state index contributed by atoms with van der Waals surface area (Å²) in [5.41, 5.74) is 3.47. The van der Waals surface area contributed by atoms with Crippen molar-refractivity contribution in [3.8, 4) is 11.5 Å². The topological polar surface area (TPSA) is 62.2 Å². The predicted molar refractivity (Wildman–Crippen MR) is 129 cm³/mol. The van der Waals surface area contributed by atoms with Crippen LogP contribution < -0.4 is 9.57 Å². The summed E-state index contributed by atoms with van der Waals surface area (Å²) in [4.78, 5) is 21.3. The SMILES string of the molecule is CN(Oc1ccc2c3c1O[C@H]1[C@@H](O)C=C[C@H]4[C@@H](C2)N(C)CC[C@@]341)C(=O)CCCc1ccccc1. The fraction of sp³-hybridized carbons (Fsp3) is 0.464. The smallest absolute Gasteiger partial charge is 0.254 e. The van der Waals surface area contributed by atoms with Crippen LogP contribution in [-0.4, -0.2) is 59.9 Å². The predicted octanol–water partition coefficient (Wildman–Crippen LogP) is 3.27. The van der Waals surface area contributed by atoms with Crippen LogP contribution in [0.5, 0.6) is 11.5 Å². The Labute approximate surface area is 200 Å². The number of amides is 1. The van der Waals surface area contributed by atoms with Gasteiger partial charge in [0.05, 0.1) is 0 Å². The fourth-order valence-electron chi connectivity index (χ4n) is 6.74. The average molecular weight is 461 g/mol. The monoisotopic (exact) mass is 460 g/mol. The van der Waals surface area contributed by atoms with Crippen molar-refractivity contribution in [2.24, 2.45) is 5.92 Å². The number of aliphatic hydroxyl groups excluding tert-OH is 1. The summed E-state index contributed by atoms with van der Waals surface area (Å²) >= 11 is 0. The Kier molecular flexibility index (Phi) is 5.19. The summed E-state index contributed by atoms with van der Waals surface area (Å²) in [6.45, 7) is 0.978. The lowest BCUT2D eigenvalue weighted by Gasteiger charge is -2.56. The molecule has 34 heavy (non-hydrogen) atoms. The van der Waals surface area contributed by atoms with Crippen molar-refractivity contribution in [1.82, 2.24) is 9.96 Å². The van der Waals surface area contributed by atoms with Gasteiger partial charge in [0.15, 0.2) is 11.5 Å². The van der Waals surface area contributed by atoms with Gasteiger partial charge < -0.3 is 19.6 Å². The minimum absolute atomic E-state index is 0.0617. The number of likely N-dealkylation sites (tertiary alicyclic amines) is 1. The molecule has 178 valence electrons. The van der Waals surface area contributed by atoms with Gasteiger partial charge in [0.2, 0.25) is 0 Å². The molecular formula is C28H32N2O4. The molecule has 0 saturated carbocycles. The molecule has 4 aliphatic rings. The molecule has 0 aromatic heterocycles. The van der Waals surface area contributed by atoms with Gasteiger partial charge in [-0.2, -0.15) is 5.06 Å². The van der Waals surface area contributed by atoms with Crippen molar-refractivity contribution in [1.29, 1.82) is 0 Å². The molecule has 2 aromatic rings. The lowest BCUT2D eigenvalue weighted by atomic mass is 9.53. The van der Waals surface area contributed by atoms with Gasteiger partial charge in [0, 0.05) is 36.4 Å². The molecule has 6 nitrogen and oxygen atoms in total. The summed E-state index contributed by atoms with van der Waals surface area (Å²) in [5, 5.41) is 12.2. The fourth-order valence-corrected chi connectivity index (χ4v) is 6.74. The molecule has 2 bridgehead atoms. The van der Waals surface area contributed by atoms with Crippen LogP contribution in [0.25, 0.3) is 0 Å². The van der Waals surface area contributed by atoms with Crippen LogP contribution >= 0.6 is 0 Å². The number of aryl methyl sites for hydroxylation is 1. The Hall–Kier alpha value is -2.83. The van der Waals surface area contributed by atoms with Crippen LogP contribution in [0.1, 0.15) is 36.0 Å². The summed E-state index contributed by atoms with van der Waals surface area (Å²) in [6.07, 6.45) is 7.08. The first kappa shape index (κ1) is 21.7. The van der Waals surface area contributed by atoms with E-state index in [-0.39, 0.29) is 17.4 Å². The van der Waals surface area contributed by atoms with Crippen LogP contribution in [0.15, 0.2) is 54.6 Å². The Morgan fingerprint density at radius 3 is 2.88 bits per heavy atom. The van der Waals surface area contributed by atoms with Gasteiger partial charge in [-0.1, -0.05) is 48.6 Å². The average Bonchev–Trinajstić information content (AvgIpc) is 3.20. The number of piperidine rings is 1. The van der Waals surface area contributed by atoms with E-state index < -0.39 is 6.10 Å². The van der Waals surface area contributed by atoms with Crippen LogP contribution in [0.3, 0.4) is 0 Å². The van der Waals surface area contributed by atoms with E-state index in [1.165, 1.54) is 21.8 Å². The lowest BCUT2D eigenvalue weighted by molar-refractivity contribution is -0.152. The maximum atomic E-state index is 12.8. The third-order valence-electron chi connectivity index (χ3n) is 8.42. The van der Waals surface area contributed by atoms with E-state index in [9.17, 15) is 9.90 Å². The van der Waals surface area contributed by atoms with Gasteiger partial charge in [-0.3, -0.25) is 4.79 Å². The third kappa shape index (κ3) is 3.19. The highest BCUT2D eigenvalue weighted by Gasteiger charge is 2.64. The molecule has 2 aliphatic carbocycles. The summed E-state index contributed by atoms with van der Waals surface area (Å²) < 4.78 is 6.49. The molecule has 2 aromatic carbocycles. The van der Waals surface area contributed by atoms with Crippen molar-refractivity contribution < 1.29 is 19.5 Å². The Bertz CT molecular complexity index is 1130. The minimum Gasteiger partial charge on any atom is -0.482 e. The van der Waals surface area contributed by atoms with E-state index >= 15 is 0 Å². The first-order chi connectivity index (χ1) is 16.5. The molecule has 1 spiro atoms. The van der Waals surface area contributed by atoms with E-state index in [0.29, 0.717) is 29.9 Å². The highest BCUT2D eigenvalue weighted by atomic mass is 16.7. The summed E-state index contributed by atoms with van der Waals surface area (Å²) in [7, 11) is 3.87. The number of hydroxylamine groups is 2. The molecule has 0 unspecified atom stereocenters. The number of rotatable bonds is 6. The molecule has 1 fully saturated rings. The van der Waals surface area contributed by atoms with E-state index in [1.54, 1.807) is 7.05 Å². The molecule has 1 amide bonds. The number of carbonyl (C=O) groups excluding carboxylic acids is 1. The maximum absolute atomic E-state index is 12.8. The normalized spacial score (nSPS) is 30.4. The zero-order valence-corrected chi connectivity index (χ0v) is 19.8. The molecular weight excluding hydrogens is 428 g/mol.